The smallest absolute Gasteiger partial charge is 0.278 e. The lowest BCUT2D eigenvalue weighted by Gasteiger charge is -2.13. The van der Waals surface area contributed by atoms with E-state index in [1.807, 2.05) is 6.92 Å². The molecular formula is C21H19FN2O3. The van der Waals surface area contributed by atoms with Gasteiger partial charge in [0.05, 0.1) is 12.2 Å². The number of hydrogen-bond donors (Lipinski definition) is 1. The molecule has 0 bridgehead atoms. The molecule has 3 rings (SSSR count). The molecule has 0 aromatic heterocycles. The molecule has 27 heavy (non-hydrogen) atoms. The van der Waals surface area contributed by atoms with E-state index in [0.717, 1.165) is 4.90 Å². The molecule has 0 saturated carbocycles. The van der Waals surface area contributed by atoms with Crippen LogP contribution in [0.4, 0.5) is 10.1 Å². The SMILES string of the molecule is C=CCN1C(=O)C(Nc2cccc(OCC)c2)=C(c2ccc(F)cc2)C1=O. The highest BCUT2D eigenvalue weighted by Gasteiger charge is 2.38. The predicted octanol–water partition coefficient (Wildman–Crippen LogP) is 3.60. The van der Waals surface area contributed by atoms with E-state index in [0.29, 0.717) is 23.6 Å². The van der Waals surface area contributed by atoms with Crippen LogP contribution in [0.25, 0.3) is 5.57 Å². The molecular weight excluding hydrogens is 347 g/mol. The van der Waals surface area contributed by atoms with Gasteiger partial charge in [0.15, 0.2) is 0 Å². The zero-order chi connectivity index (χ0) is 19.4. The van der Waals surface area contributed by atoms with Gasteiger partial charge in [-0.2, -0.15) is 0 Å². The van der Waals surface area contributed by atoms with Gasteiger partial charge < -0.3 is 10.1 Å². The average molecular weight is 366 g/mol. The van der Waals surface area contributed by atoms with Crippen LogP contribution in [0.5, 0.6) is 5.75 Å². The lowest BCUT2D eigenvalue weighted by Crippen LogP contribution is -2.32. The van der Waals surface area contributed by atoms with Crippen LogP contribution in [0.2, 0.25) is 0 Å². The van der Waals surface area contributed by atoms with E-state index in [4.69, 9.17) is 4.74 Å². The monoisotopic (exact) mass is 366 g/mol. The van der Waals surface area contributed by atoms with Crippen LogP contribution < -0.4 is 10.1 Å². The second-order valence-electron chi connectivity index (χ2n) is 5.85. The van der Waals surface area contributed by atoms with Gasteiger partial charge >= 0.3 is 0 Å². The molecule has 0 radical (unpaired) electrons. The number of anilines is 1. The van der Waals surface area contributed by atoms with Crippen molar-refractivity contribution in [3.8, 4) is 5.75 Å². The number of nitrogens with one attached hydrogen (secondary N) is 1. The van der Waals surface area contributed by atoms with Crippen molar-refractivity contribution in [3.63, 3.8) is 0 Å². The summed E-state index contributed by atoms with van der Waals surface area (Å²) >= 11 is 0. The summed E-state index contributed by atoms with van der Waals surface area (Å²) in [6.45, 7) is 6.07. The van der Waals surface area contributed by atoms with E-state index in [1.165, 1.54) is 30.3 Å². The van der Waals surface area contributed by atoms with Gasteiger partial charge in [-0.1, -0.05) is 24.3 Å². The molecule has 2 aromatic rings. The van der Waals surface area contributed by atoms with E-state index in [9.17, 15) is 14.0 Å². The Labute approximate surface area is 156 Å². The Balaban J connectivity index is 2.04. The van der Waals surface area contributed by atoms with Crippen LogP contribution >= 0.6 is 0 Å². The Morgan fingerprint density at radius 3 is 2.56 bits per heavy atom. The molecule has 2 aromatic carbocycles. The highest BCUT2D eigenvalue weighted by Crippen LogP contribution is 2.31. The summed E-state index contributed by atoms with van der Waals surface area (Å²) in [6.07, 6.45) is 1.48. The minimum atomic E-state index is -0.457. The number of benzene rings is 2. The van der Waals surface area contributed by atoms with Crippen LogP contribution in [0.1, 0.15) is 12.5 Å². The summed E-state index contributed by atoms with van der Waals surface area (Å²) in [4.78, 5) is 26.7. The number of imide groups is 1. The third kappa shape index (κ3) is 3.74. The Kier molecular flexibility index (Phi) is 5.35. The number of hydrogen-bond acceptors (Lipinski definition) is 4. The van der Waals surface area contributed by atoms with Crippen molar-refractivity contribution >= 4 is 23.1 Å². The molecule has 138 valence electrons. The van der Waals surface area contributed by atoms with Crippen LogP contribution in [0.15, 0.2) is 66.9 Å². The molecule has 2 amide bonds. The topological polar surface area (TPSA) is 58.6 Å². The second kappa shape index (κ2) is 7.86. The number of ether oxygens (including phenoxy) is 1. The van der Waals surface area contributed by atoms with Crippen molar-refractivity contribution < 1.29 is 18.7 Å². The van der Waals surface area contributed by atoms with Gasteiger partial charge in [0, 0.05) is 18.3 Å². The first-order valence-electron chi connectivity index (χ1n) is 8.52. The Hall–Kier alpha value is -3.41. The Morgan fingerprint density at radius 2 is 1.89 bits per heavy atom. The van der Waals surface area contributed by atoms with Gasteiger partial charge in [-0.15, -0.1) is 6.58 Å². The summed E-state index contributed by atoms with van der Waals surface area (Å²) in [5, 5.41) is 3.03. The lowest BCUT2D eigenvalue weighted by molar-refractivity contribution is -0.136. The fourth-order valence-electron chi connectivity index (χ4n) is 2.85. The fraction of sp³-hybridized carbons (Fsp3) is 0.143. The number of nitrogens with zero attached hydrogens (tertiary/aromatic N) is 1. The van der Waals surface area contributed by atoms with Gasteiger partial charge in [0.2, 0.25) is 0 Å². The van der Waals surface area contributed by atoms with E-state index >= 15 is 0 Å². The summed E-state index contributed by atoms with van der Waals surface area (Å²) in [6, 6.07) is 12.6. The number of carbonyl (C=O) groups excluding carboxylic acids is 2. The van der Waals surface area contributed by atoms with E-state index in [1.54, 1.807) is 24.3 Å². The number of halogens is 1. The first-order valence-corrected chi connectivity index (χ1v) is 8.52. The van der Waals surface area contributed by atoms with Crippen molar-refractivity contribution in [3.05, 3.63) is 78.3 Å². The molecule has 1 aliphatic rings. The average Bonchev–Trinajstić information content (AvgIpc) is 2.88. The third-order valence-electron chi connectivity index (χ3n) is 4.03. The normalized spacial score (nSPS) is 13.9. The maximum absolute atomic E-state index is 13.3. The van der Waals surface area contributed by atoms with Gasteiger partial charge in [-0.25, -0.2) is 4.39 Å². The van der Waals surface area contributed by atoms with Crippen molar-refractivity contribution in [2.24, 2.45) is 0 Å². The molecule has 0 spiro atoms. The number of carbonyl (C=O) groups is 2. The molecule has 0 aliphatic carbocycles. The van der Waals surface area contributed by atoms with E-state index in [-0.39, 0.29) is 17.8 Å². The molecule has 0 unspecified atom stereocenters. The van der Waals surface area contributed by atoms with Crippen molar-refractivity contribution in [1.29, 1.82) is 0 Å². The van der Waals surface area contributed by atoms with E-state index < -0.39 is 17.6 Å². The van der Waals surface area contributed by atoms with Crippen LogP contribution in [0.3, 0.4) is 0 Å². The lowest BCUT2D eigenvalue weighted by atomic mass is 10.0. The first kappa shape index (κ1) is 18.4. The highest BCUT2D eigenvalue weighted by atomic mass is 19.1. The quantitative estimate of drug-likeness (QED) is 0.601. The zero-order valence-electron chi connectivity index (χ0n) is 14.9. The van der Waals surface area contributed by atoms with Crippen molar-refractivity contribution in [1.82, 2.24) is 4.90 Å². The third-order valence-corrected chi connectivity index (χ3v) is 4.03. The molecule has 0 fully saturated rings. The van der Waals surface area contributed by atoms with Gasteiger partial charge in [0.25, 0.3) is 11.8 Å². The fourth-order valence-corrected chi connectivity index (χ4v) is 2.85. The summed E-state index contributed by atoms with van der Waals surface area (Å²) < 4.78 is 18.8. The number of amides is 2. The first-order chi connectivity index (χ1) is 13.0. The Morgan fingerprint density at radius 1 is 1.15 bits per heavy atom. The largest absolute Gasteiger partial charge is 0.494 e. The maximum atomic E-state index is 13.3. The van der Waals surface area contributed by atoms with Crippen LogP contribution in [-0.2, 0) is 9.59 Å². The highest BCUT2D eigenvalue weighted by molar-refractivity contribution is 6.36. The predicted molar refractivity (Wildman–Crippen MR) is 101 cm³/mol. The molecule has 6 heteroatoms. The van der Waals surface area contributed by atoms with Crippen molar-refractivity contribution in [2.75, 3.05) is 18.5 Å². The molecule has 1 heterocycles. The number of rotatable bonds is 7. The molecule has 0 saturated heterocycles. The molecule has 5 nitrogen and oxygen atoms in total. The Bertz CT molecular complexity index is 919. The minimum absolute atomic E-state index is 0.0898. The van der Waals surface area contributed by atoms with Crippen molar-refractivity contribution in [2.45, 2.75) is 6.92 Å². The standard InChI is InChI=1S/C21H19FN2O3/c1-3-12-24-20(25)18(14-8-10-15(22)11-9-14)19(21(24)26)23-16-6-5-7-17(13-16)27-4-2/h3,5-11,13,23H,1,4,12H2,2H3. The van der Waals surface area contributed by atoms with Crippen LogP contribution in [-0.4, -0.2) is 29.9 Å². The minimum Gasteiger partial charge on any atom is -0.494 e. The maximum Gasteiger partial charge on any atom is 0.278 e. The van der Waals surface area contributed by atoms with Gasteiger partial charge in [0.1, 0.15) is 17.3 Å². The molecule has 1 aliphatic heterocycles. The van der Waals surface area contributed by atoms with Crippen LogP contribution in [0, 0.1) is 5.82 Å². The molecule has 1 N–H and O–H groups in total. The second-order valence-corrected chi connectivity index (χ2v) is 5.85. The van der Waals surface area contributed by atoms with E-state index in [2.05, 4.69) is 11.9 Å². The summed E-state index contributed by atoms with van der Waals surface area (Å²) in [5.74, 6) is -0.680. The zero-order valence-corrected chi connectivity index (χ0v) is 14.9. The summed E-state index contributed by atoms with van der Waals surface area (Å²) in [7, 11) is 0. The summed E-state index contributed by atoms with van der Waals surface area (Å²) in [5.41, 5.74) is 1.41. The van der Waals surface area contributed by atoms with Gasteiger partial charge in [-0.05, 0) is 36.8 Å². The molecule has 0 atom stereocenters. The van der Waals surface area contributed by atoms with Gasteiger partial charge in [-0.3, -0.25) is 14.5 Å².